The normalized spacial score (nSPS) is 28.9. The van der Waals surface area contributed by atoms with Crippen LogP contribution in [0.1, 0.15) is 32.6 Å². The lowest BCUT2D eigenvalue weighted by atomic mass is 9.90. The van der Waals surface area contributed by atoms with Gasteiger partial charge in [0.25, 0.3) is 0 Å². The predicted octanol–water partition coefficient (Wildman–Crippen LogP) is 0.489. The average molecular weight is 286 g/mol. The zero-order valence-electron chi connectivity index (χ0n) is 11.7. The Morgan fingerprint density at radius 3 is 2.45 bits per heavy atom. The highest BCUT2D eigenvalue weighted by Crippen LogP contribution is 2.24. The Morgan fingerprint density at radius 1 is 1.20 bits per heavy atom. The van der Waals surface area contributed by atoms with Gasteiger partial charge in [0.05, 0.1) is 5.60 Å². The Labute approximate surface area is 118 Å². The van der Waals surface area contributed by atoms with Gasteiger partial charge in [0.1, 0.15) is 5.54 Å². The Bertz CT molecular complexity index is 373. The van der Waals surface area contributed by atoms with Crippen molar-refractivity contribution >= 4 is 12.0 Å². The van der Waals surface area contributed by atoms with E-state index < -0.39 is 17.5 Å². The molecule has 0 aromatic heterocycles. The molecule has 0 aliphatic carbocycles. The second kappa shape index (κ2) is 5.97. The maximum atomic E-state index is 11.9. The number of nitrogens with one attached hydrogen (secondary N) is 2. The number of carbonyl (C=O) groups is 2. The quantitative estimate of drug-likeness (QED) is 0.699. The molecular formula is C13H22N2O5. The molecule has 0 aromatic rings. The molecule has 3 N–H and O–H groups in total. The van der Waals surface area contributed by atoms with Crippen molar-refractivity contribution in [1.29, 1.82) is 0 Å². The van der Waals surface area contributed by atoms with Crippen LogP contribution in [-0.2, 0) is 14.3 Å². The van der Waals surface area contributed by atoms with E-state index in [4.69, 9.17) is 9.47 Å². The predicted molar refractivity (Wildman–Crippen MR) is 70.5 cm³/mol. The number of ether oxygens (including phenoxy) is 2. The van der Waals surface area contributed by atoms with Gasteiger partial charge in [0.15, 0.2) is 0 Å². The molecule has 7 nitrogen and oxygen atoms in total. The largest absolute Gasteiger partial charge is 0.480 e. The topological polar surface area (TPSA) is 96.9 Å². The molecular weight excluding hydrogens is 264 g/mol. The SMILES string of the molecule is CC1(CNC(=O)NC2(C(=O)O)CCOCC2)CCCO1. The molecule has 2 aliphatic rings. The van der Waals surface area contributed by atoms with Crippen LogP contribution >= 0.6 is 0 Å². The summed E-state index contributed by atoms with van der Waals surface area (Å²) >= 11 is 0. The molecule has 20 heavy (non-hydrogen) atoms. The van der Waals surface area contributed by atoms with Gasteiger partial charge in [-0.1, -0.05) is 0 Å². The van der Waals surface area contributed by atoms with E-state index >= 15 is 0 Å². The first kappa shape index (κ1) is 15.1. The van der Waals surface area contributed by atoms with Crippen LogP contribution in [0.4, 0.5) is 4.79 Å². The second-order valence-corrected chi connectivity index (χ2v) is 5.71. The van der Waals surface area contributed by atoms with Gasteiger partial charge in [-0.3, -0.25) is 0 Å². The first-order chi connectivity index (χ1) is 9.46. The minimum absolute atomic E-state index is 0.281. The number of urea groups is 1. The maximum absolute atomic E-state index is 11.9. The number of hydrogen-bond acceptors (Lipinski definition) is 4. The fraction of sp³-hybridized carbons (Fsp3) is 0.846. The van der Waals surface area contributed by atoms with Crippen molar-refractivity contribution in [3.05, 3.63) is 0 Å². The summed E-state index contributed by atoms with van der Waals surface area (Å²) in [6, 6.07) is -0.467. The van der Waals surface area contributed by atoms with Crippen LogP contribution in [0.3, 0.4) is 0 Å². The highest BCUT2D eigenvalue weighted by atomic mass is 16.5. The van der Waals surface area contributed by atoms with E-state index in [-0.39, 0.29) is 18.4 Å². The van der Waals surface area contributed by atoms with Crippen LogP contribution in [-0.4, -0.2) is 54.6 Å². The first-order valence-electron chi connectivity index (χ1n) is 6.97. The van der Waals surface area contributed by atoms with E-state index in [0.29, 0.717) is 26.4 Å². The molecule has 2 aliphatic heterocycles. The highest BCUT2D eigenvalue weighted by molar-refractivity contribution is 5.86. The zero-order valence-corrected chi connectivity index (χ0v) is 11.7. The van der Waals surface area contributed by atoms with E-state index in [2.05, 4.69) is 10.6 Å². The summed E-state index contributed by atoms with van der Waals surface area (Å²) < 4.78 is 10.7. The second-order valence-electron chi connectivity index (χ2n) is 5.71. The molecule has 2 heterocycles. The number of carboxylic acid groups (broad SMARTS) is 1. The third kappa shape index (κ3) is 3.40. The van der Waals surface area contributed by atoms with Gasteiger partial charge in [0, 0.05) is 39.2 Å². The van der Waals surface area contributed by atoms with Crippen LogP contribution in [0.25, 0.3) is 0 Å². The van der Waals surface area contributed by atoms with Crippen molar-refractivity contribution in [2.45, 2.75) is 43.7 Å². The Morgan fingerprint density at radius 2 is 1.90 bits per heavy atom. The molecule has 2 rings (SSSR count). The van der Waals surface area contributed by atoms with Gasteiger partial charge >= 0.3 is 12.0 Å². The summed E-state index contributed by atoms with van der Waals surface area (Å²) in [6.45, 7) is 3.71. The van der Waals surface area contributed by atoms with E-state index in [0.717, 1.165) is 12.8 Å². The summed E-state index contributed by atoms with van der Waals surface area (Å²) in [5.41, 5.74) is -1.57. The Hall–Kier alpha value is -1.34. The first-order valence-corrected chi connectivity index (χ1v) is 6.97. The van der Waals surface area contributed by atoms with Gasteiger partial charge in [0.2, 0.25) is 0 Å². The molecule has 0 spiro atoms. The lowest BCUT2D eigenvalue weighted by Crippen LogP contribution is -2.60. The fourth-order valence-corrected chi connectivity index (χ4v) is 2.62. The van der Waals surface area contributed by atoms with Crippen LogP contribution in [0.15, 0.2) is 0 Å². The number of carbonyl (C=O) groups excluding carboxylic acids is 1. The van der Waals surface area contributed by atoms with Crippen molar-refractivity contribution in [3.63, 3.8) is 0 Å². The molecule has 114 valence electrons. The molecule has 2 saturated heterocycles. The highest BCUT2D eigenvalue weighted by Gasteiger charge is 2.42. The molecule has 2 amide bonds. The van der Waals surface area contributed by atoms with Gasteiger partial charge in [-0.25, -0.2) is 9.59 Å². The Balaban J connectivity index is 1.87. The minimum atomic E-state index is -1.22. The molecule has 1 unspecified atom stereocenters. The Kier molecular flexibility index (Phi) is 4.49. The third-order valence-electron chi connectivity index (χ3n) is 4.03. The van der Waals surface area contributed by atoms with Crippen LogP contribution in [0.5, 0.6) is 0 Å². The molecule has 0 saturated carbocycles. The number of carboxylic acids is 1. The summed E-state index contributed by atoms with van der Waals surface area (Å²) in [4.78, 5) is 23.4. The minimum Gasteiger partial charge on any atom is -0.480 e. The van der Waals surface area contributed by atoms with E-state index in [9.17, 15) is 14.7 Å². The zero-order chi connectivity index (χ0) is 14.6. The molecule has 0 bridgehead atoms. The molecule has 0 aromatic carbocycles. The van der Waals surface area contributed by atoms with Crippen LogP contribution < -0.4 is 10.6 Å². The number of hydrogen-bond donors (Lipinski definition) is 3. The van der Waals surface area contributed by atoms with Gasteiger partial charge < -0.3 is 25.2 Å². The third-order valence-corrected chi connectivity index (χ3v) is 4.03. The van der Waals surface area contributed by atoms with Crippen molar-refractivity contribution < 1.29 is 24.2 Å². The summed E-state index contributed by atoms with van der Waals surface area (Å²) in [5, 5.41) is 14.6. The summed E-state index contributed by atoms with van der Waals surface area (Å²) in [7, 11) is 0. The molecule has 0 radical (unpaired) electrons. The summed E-state index contributed by atoms with van der Waals surface area (Å²) in [5.74, 6) is -1.01. The fourth-order valence-electron chi connectivity index (χ4n) is 2.62. The van der Waals surface area contributed by atoms with Crippen LogP contribution in [0.2, 0.25) is 0 Å². The van der Waals surface area contributed by atoms with Crippen molar-refractivity contribution in [2.24, 2.45) is 0 Å². The van der Waals surface area contributed by atoms with E-state index in [1.54, 1.807) is 0 Å². The lowest BCUT2D eigenvalue weighted by Gasteiger charge is -2.34. The molecule has 7 heteroatoms. The standard InChI is InChI=1S/C13H22N2O5/c1-12(3-2-6-20-12)9-14-11(18)15-13(10(16)17)4-7-19-8-5-13/h2-9H2,1H3,(H,16,17)(H2,14,15,18). The van der Waals surface area contributed by atoms with Crippen LogP contribution in [0, 0.1) is 0 Å². The smallest absolute Gasteiger partial charge is 0.329 e. The average Bonchev–Trinajstić information content (AvgIpc) is 2.85. The lowest BCUT2D eigenvalue weighted by molar-refractivity contribution is -0.148. The van der Waals surface area contributed by atoms with Gasteiger partial charge in [-0.15, -0.1) is 0 Å². The maximum Gasteiger partial charge on any atom is 0.329 e. The number of aliphatic carboxylic acids is 1. The number of rotatable bonds is 4. The molecule has 1 atom stereocenters. The number of amides is 2. The summed E-state index contributed by atoms with van der Waals surface area (Å²) in [6.07, 6.45) is 2.44. The van der Waals surface area contributed by atoms with Crippen molar-refractivity contribution in [2.75, 3.05) is 26.4 Å². The van der Waals surface area contributed by atoms with E-state index in [1.165, 1.54) is 0 Å². The van der Waals surface area contributed by atoms with Crippen molar-refractivity contribution in [1.82, 2.24) is 10.6 Å². The van der Waals surface area contributed by atoms with E-state index in [1.807, 2.05) is 6.92 Å². The monoisotopic (exact) mass is 286 g/mol. The van der Waals surface area contributed by atoms with Gasteiger partial charge in [-0.05, 0) is 19.8 Å². The molecule has 2 fully saturated rings. The van der Waals surface area contributed by atoms with Gasteiger partial charge in [-0.2, -0.15) is 0 Å². The van der Waals surface area contributed by atoms with Crippen molar-refractivity contribution in [3.8, 4) is 0 Å².